The monoisotopic (exact) mass is 257 g/mol. The molecule has 1 unspecified atom stereocenters. The lowest BCUT2D eigenvalue weighted by Gasteiger charge is -2.14. The molecule has 3 rings (SSSR count). The molecule has 92 valence electrons. The number of carbonyl (C=O) groups excluding carboxylic acids is 1. The van der Waals surface area contributed by atoms with Gasteiger partial charge in [-0.2, -0.15) is 0 Å². The summed E-state index contributed by atoms with van der Waals surface area (Å²) in [5, 5.41) is 5.04. The zero-order valence-electron chi connectivity index (χ0n) is 10.3. The molecule has 1 atom stereocenters. The lowest BCUT2D eigenvalue weighted by atomic mass is 9.92. The van der Waals surface area contributed by atoms with Crippen molar-refractivity contribution in [2.45, 2.75) is 25.7 Å². The Hall–Kier alpha value is -1.61. The van der Waals surface area contributed by atoms with E-state index >= 15 is 0 Å². The van der Waals surface area contributed by atoms with Crippen LogP contribution in [-0.2, 0) is 4.79 Å². The molecule has 0 saturated heterocycles. The number of carbonyl (C=O) groups is 1. The van der Waals surface area contributed by atoms with Crippen LogP contribution in [0.1, 0.15) is 34.8 Å². The Morgan fingerprint density at radius 1 is 1.22 bits per heavy atom. The van der Waals surface area contributed by atoms with Crippen molar-refractivity contribution in [1.29, 1.82) is 0 Å². The van der Waals surface area contributed by atoms with Crippen molar-refractivity contribution >= 4 is 22.9 Å². The molecule has 1 aromatic heterocycles. The largest absolute Gasteiger partial charge is 0.325 e. The quantitative estimate of drug-likeness (QED) is 0.824. The van der Waals surface area contributed by atoms with E-state index in [1.165, 1.54) is 16.0 Å². The molecule has 0 fully saturated rings. The van der Waals surface area contributed by atoms with Gasteiger partial charge in [-0.3, -0.25) is 4.79 Å². The average molecular weight is 257 g/mol. The fourth-order valence-electron chi connectivity index (χ4n) is 2.43. The second kappa shape index (κ2) is 4.58. The van der Waals surface area contributed by atoms with Crippen LogP contribution in [0.5, 0.6) is 0 Å². The minimum atomic E-state index is 0.129. The van der Waals surface area contributed by atoms with Crippen molar-refractivity contribution in [3.05, 3.63) is 51.7 Å². The molecular weight excluding hydrogens is 242 g/mol. The Kier molecular flexibility index (Phi) is 2.92. The van der Waals surface area contributed by atoms with E-state index in [0.717, 1.165) is 12.1 Å². The molecule has 2 nitrogen and oxygen atoms in total. The van der Waals surface area contributed by atoms with Gasteiger partial charge in [-0.05, 0) is 30.4 Å². The predicted octanol–water partition coefficient (Wildman–Crippen LogP) is 3.92. The van der Waals surface area contributed by atoms with E-state index in [1.54, 1.807) is 11.3 Å². The van der Waals surface area contributed by atoms with Gasteiger partial charge >= 0.3 is 0 Å². The van der Waals surface area contributed by atoms with Crippen molar-refractivity contribution in [3.63, 3.8) is 0 Å². The number of amides is 1. The van der Waals surface area contributed by atoms with Crippen molar-refractivity contribution in [2.75, 3.05) is 5.32 Å². The summed E-state index contributed by atoms with van der Waals surface area (Å²) in [5.41, 5.74) is 3.57. The number of hydrogen-bond donors (Lipinski definition) is 1. The zero-order chi connectivity index (χ0) is 12.5. The van der Waals surface area contributed by atoms with Gasteiger partial charge in [0.2, 0.25) is 5.91 Å². The molecule has 1 aliphatic heterocycles. The number of thiophene rings is 1. The molecule has 0 radical (unpaired) electrons. The third-order valence-corrected chi connectivity index (χ3v) is 4.46. The van der Waals surface area contributed by atoms with E-state index < -0.39 is 0 Å². The van der Waals surface area contributed by atoms with Crippen LogP contribution in [0.25, 0.3) is 0 Å². The summed E-state index contributed by atoms with van der Waals surface area (Å²) in [4.78, 5) is 13.0. The molecule has 1 amide bonds. The van der Waals surface area contributed by atoms with E-state index in [1.807, 2.05) is 6.07 Å². The van der Waals surface area contributed by atoms with Crippen LogP contribution in [0.2, 0.25) is 0 Å². The maximum atomic E-state index is 11.7. The number of rotatable bonds is 1. The van der Waals surface area contributed by atoms with Crippen LogP contribution in [0.3, 0.4) is 0 Å². The molecule has 0 spiro atoms. The molecule has 0 aliphatic carbocycles. The third-order valence-electron chi connectivity index (χ3n) is 3.43. The van der Waals surface area contributed by atoms with Gasteiger partial charge in [-0.1, -0.05) is 29.8 Å². The summed E-state index contributed by atoms with van der Waals surface area (Å²) >= 11 is 1.73. The number of aryl methyl sites for hydroxylation is 1. The first-order valence-corrected chi connectivity index (χ1v) is 7.06. The summed E-state index contributed by atoms with van der Waals surface area (Å²) in [6, 6.07) is 10.6. The molecular formula is C15H15NOS. The van der Waals surface area contributed by atoms with Gasteiger partial charge in [0.25, 0.3) is 0 Å². The summed E-state index contributed by atoms with van der Waals surface area (Å²) < 4.78 is 0. The summed E-state index contributed by atoms with van der Waals surface area (Å²) in [6.45, 7) is 2.10. The highest BCUT2D eigenvalue weighted by atomic mass is 32.1. The van der Waals surface area contributed by atoms with Gasteiger partial charge < -0.3 is 5.32 Å². The first kappa shape index (κ1) is 11.5. The van der Waals surface area contributed by atoms with Crippen LogP contribution in [-0.4, -0.2) is 5.91 Å². The number of hydrogen-bond acceptors (Lipinski definition) is 2. The smallest absolute Gasteiger partial charge is 0.224 e. The van der Waals surface area contributed by atoms with Crippen LogP contribution in [0.4, 0.5) is 5.69 Å². The molecule has 2 heterocycles. The Balaban J connectivity index is 2.02. The maximum Gasteiger partial charge on any atom is 0.224 e. The number of fused-ring (bicyclic) bond motifs is 1. The first-order valence-electron chi connectivity index (χ1n) is 6.18. The lowest BCUT2D eigenvalue weighted by molar-refractivity contribution is -0.116. The first-order chi connectivity index (χ1) is 8.74. The molecule has 2 aromatic rings. The Labute approximate surface area is 111 Å². The molecule has 1 aromatic carbocycles. The Bertz CT molecular complexity index is 570. The zero-order valence-corrected chi connectivity index (χ0v) is 11.1. The van der Waals surface area contributed by atoms with Crippen molar-refractivity contribution in [3.8, 4) is 0 Å². The number of benzene rings is 1. The predicted molar refractivity (Wildman–Crippen MR) is 75.2 cm³/mol. The molecule has 1 N–H and O–H groups in total. The summed E-state index contributed by atoms with van der Waals surface area (Å²) in [5.74, 6) is 0.476. The topological polar surface area (TPSA) is 29.1 Å². The lowest BCUT2D eigenvalue weighted by Crippen LogP contribution is -2.08. The highest BCUT2D eigenvalue weighted by Gasteiger charge is 2.24. The highest BCUT2D eigenvalue weighted by Crippen LogP contribution is 2.39. The van der Waals surface area contributed by atoms with E-state index in [0.29, 0.717) is 12.3 Å². The fraction of sp³-hybridized carbons (Fsp3) is 0.267. The standard InChI is InChI=1S/C15H15NOS/c1-10-2-4-11(5-3-10)12-6-7-14(17)16-13-8-9-18-15(12)13/h2-5,8-9,12H,6-7H2,1H3,(H,16,17). The van der Waals surface area contributed by atoms with Crippen molar-refractivity contribution in [1.82, 2.24) is 0 Å². The maximum absolute atomic E-state index is 11.7. The molecule has 18 heavy (non-hydrogen) atoms. The van der Waals surface area contributed by atoms with E-state index in [9.17, 15) is 4.79 Å². The van der Waals surface area contributed by atoms with E-state index in [4.69, 9.17) is 0 Å². The molecule has 1 aliphatic rings. The second-order valence-electron chi connectivity index (χ2n) is 4.75. The summed E-state index contributed by atoms with van der Waals surface area (Å²) in [6.07, 6.45) is 1.49. The van der Waals surface area contributed by atoms with Crippen LogP contribution < -0.4 is 5.32 Å². The Morgan fingerprint density at radius 3 is 2.78 bits per heavy atom. The van der Waals surface area contributed by atoms with Crippen molar-refractivity contribution in [2.24, 2.45) is 0 Å². The minimum Gasteiger partial charge on any atom is -0.325 e. The highest BCUT2D eigenvalue weighted by molar-refractivity contribution is 7.10. The molecule has 0 saturated carbocycles. The van der Waals surface area contributed by atoms with Crippen LogP contribution >= 0.6 is 11.3 Å². The number of nitrogens with one attached hydrogen (secondary N) is 1. The SMILES string of the molecule is Cc1ccc(C2CCC(=O)Nc3ccsc32)cc1. The fourth-order valence-corrected chi connectivity index (χ4v) is 3.45. The molecule has 3 heteroatoms. The van der Waals surface area contributed by atoms with Gasteiger partial charge in [0.1, 0.15) is 0 Å². The van der Waals surface area contributed by atoms with E-state index in [-0.39, 0.29) is 5.91 Å². The van der Waals surface area contributed by atoms with Gasteiger partial charge in [-0.15, -0.1) is 11.3 Å². The van der Waals surface area contributed by atoms with Gasteiger partial charge in [0.05, 0.1) is 5.69 Å². The van der Waals surface area contributed by atoms with Gasteiger partial charge in [0.15, 0.2) is 0 Å². The molecule has 0 bridgehead atoms. The second-order valence-corrected chi connectivity index (χ2v) is 5.70. The van der Waals surface area contributed by atoms with Crippen LogP contribution in [0.15, 0.2) is 35.7 Å². The Morgan fingerprint density at radius 2 is 2.00 bits per heavy atom. The van der Waals surface area contributed by atoms with Crippen molar-refractivity contribution < 1.29 is 4.79 Å². The summed E-state index contributed by atoms with van der Waals surface area (Å²) in [7, 11) is 0. The number of anilines is 1. The normalized spacial score (nSPS) is 18.9. The van der Waals surface area contributed by atoms with E-state index in [2.05, 4.69) is 41.9 Å². The minimum absolute atomic E-state index is 0.129. The van der Waals surface area contributed by atoms with Gasteiger partial charge in [-0.25, -0.2) is 0 Å². The van der Waals surface area contributed by atoms with Crippen LogP contribution in [0, 0.1) is 6.92 Å². The third kappa shape index (κ3) is 2.06. The van der Waals surface area contributed by atoms with Gasteiger partial charge in [0, 0.05) is 17.2 Å². The average Bonchev–Trinajstić information content (AvgIpc) is 2.74.